The number of amides is 1. The zero-order chi connectivity index (χ0) is 20.3. The number of aliphatic hydroxyl groups excluding tert-OH is 1. The minimum absolute atomic E-state index is 0.114. The first kappa shape index (κ1) is 20.4. The minimum atomic E-state index is -1.04. The second kappa shape index (κ2) is 8.18. The molecule has 2 rings (SSSR count). The highest BCUT2D eigenvalue weighted by Crippen LogP contribution is 2.25. The molecule has 0 bridgehead atoms. The van der Waals surface area contributed by atoms with Crippen molar-refractivity contribution in [1.82, 2.24) is 4.98 Å². The first-order valence-electron chi connectivity index (χ1n) is 8.61. The zero-order valence-corrected chi connectivity index (χ0v) is 16.0. The number of esters is 1. The second-order valence-electron chi connectivity index (χ2n) is 6.51. The highest BCUT2D eigenvalue weighted by molar-refractivity contribution is 5.99. The monoisotopic (exact) mass is 372 g/mol. The van der Waals surface area contributed by atoms with Gasteiger partial charge in [-0.2, -0.15) is 0 Å². The Hall–Kier alpha value is -2.93. The number of hydrogen-bond donors (Lipinski definition) is 3. The molecule has 7 heteroatoms. The van der Waals surface area contributed by atoms with Crippen molar-refractivity contribution >= 4 is 23.3 Å². The molecule has 0 saturated heterocycles. The molecule has 0 radical (unpaired) electrons. The predicted octanol–water partition coefficient (Wildman–Crippen LogP) is 3.07. The van der Waals surface area contributed by atoms with Gasteiger partial charge in [0.2, 0.25) is 0 Å². The summed E-state index contributed by atoms with van der Waals surface area (Å²) in [6.07, 6.45) is -1.77. The van der Waals surface area contributed by atoms with E-state index in [2.05, 4.69) is 10.3 Å². The zero-order valence-electron chi connectivity index (χ0n) is 16.0. The van der Waals surface area contributed by atoms with Gasteiger partial charge in [-0.25, -0.2) is 4.79 Å². The number of nitrogens with one attached hydrogen (secondary N) is 2. The summed E-state index contributed by atoms with van der Waals surface area (Å²) in [5, 5.41) is 12.4. The van der Waals surface area contributed by atoms with Crippen LogP contribution in [-0.4, -0.2) is 33.9 Å². The third-order valence-corrected chi connectivity index (χ3v) is 4.31. The molecular formula is C20H24N2O5. The molecule has 0 aliphatic heterocycles. The molecule has 0 aliphatic carbocycles. The van der Waals surface area contributed by atoms with Crippen LogP contribution in [0.5, 0.6) is 0 Å². The maximum absolute atomic E-state index is 12.4. The average Bonchev–Trinajstić information content (AvgIpc) is 2.89. The lowest BCUT2D eigenvalue weighted by molar-refractivity contribution is -0.123. The number of carbonyl (C=O) groups is 3. The molecule has 0 spiro atoms. The first-order valence-corrected chi connectivity index (χ1v) is 8.61. The summed E-state index contributed by atoms with van der Waals surface area (Å²) in [5.74, 6) is -1.31. The van der Waals surface area contributed by atoms with Gasteiger partial charge in [-0.1, -0.05) is 12.1 Å². The molecule has 1 aromatic heterocycles. The molecule has 1 amide bonds. The number of benzene rings is 1. The number of rotatable bonds is 6. The number of carbonyl (C=O) groups excluding carboxylic acids is 3. The van der Waals surface area contributed by atoms with E-state index in [1.165, 1.54) is 13.8 Å². The van der Waals surface area contributed by atoms with E-state index >= 15 is 0 Å². The van der Waals surface area contributed by atoms with Gasteiger partial charge in [0.25, 0.3) is 5.91 Å². The lowest BCUT2D eigenvalue weighted by atomic mass is 10.1. The Balaban J connectivity index is 2.08. The van der Waals surface area contributed by atoms with Gasteiger partial charge in [0.15, 0.2) is 11.9 Å². The molecule has 1 aromatic carbocycles. The van der Waals surface area contributed by atoms with E-state index in [-0.39, 0.29) is 11.5 Å². The molecule has 27 heavy (non-hydrogen) atoms. The van der Waals surface area contributed by atoms with Crippen molar-refractivity contribution in [3.8, 4) is 0 Å². The van der Waals surface area contributed by atoms with Gasteiger partial charge in [-0.3, -0.25) is 9.59 Å². The third-order valence-electron chi connectivity index (χ3n) is 4.31. The van der Waals surface area contributed by atoms with E-state index in [1.807, 2.05) is 0 Å². The fourth-order valence-corrected chi connectivity index (χ4v) is 2.93. The number of ether oxygens (including phenoxy) is 1. The summed E-state index contributed by atoms with van der Waals surface area (Å²) < 4.78 is 5.25. The van der Waals surface area contributed by atoms with Gasteiger partial charge in [0.05, 0.1) is 6.10 Å². The molecular weight excluding hydrogens is 348 g/mol. The smallest absolute Gasteiger partial charge is 0.355 e. The molecule has 2 aromatic rings. The Bertz CT molecular complexity index is 882. The number of ketones is 1. The van der Waals surface area contributed by atoms with Gasteiger partial charge in [0, 0.05) is 22.5 Å². The van der Waals surface area contributed by atoms with Crippen molar-refractivity contribution in [2.45, 2.75) is 46.8 Å². The number of aromatic nitrogens is 1. The van der Waals surface area contributed by atoms with Crippen molar-refractivity contribution in [3.05, 3.63) is 52.3 Å². The SMILES string of the molecule is CC(=O)c1cccc(NC(=O)[C@H](C)OC(=O)c2[nH]c(C)c([C@H](C)O)c2C)c1. The van der Waals surface area contributed by atoms with E-state index in [0.717, 1.165) is 0 Å². The van der Waals surface area contributed by atoms with E-state index in [0.29, 0.717) is 28.1 Å². The van der Waals surface area contributed by atoms with Crippen LogP contribution in [-0.2, 0) is 9.53 Å². The molecule has 144 valence electrons. The summed E-state index contributed by atoms with van der Waals surface area (Å²) in [5.41, 5.74) is 3.03. The van der Waals surface area contributed by atoms with E-state index in [1.54, 1.807) is 45.0 Å². The van der Waals surface area contributed by atoms with Crippen LogP contribution in [0.25, 0.3) is 0 Å². The lowest BCUT2D eigenvalue weighted by Crippen LogP contribution is -2.30. The Labute approximate surface area is 157 Å². The highest BCUT2D eigenvalue weighted by atomic mass is 16.5. The Kier molecular flexibility index (Phi) is 6.17. The van der Waals surface area contributed by atoms with Crippen LogP contribution in [0, 0.1) is 13.8 Å². The minimum Gasteiger partial charge on any atom is -0.448 e. The number of aromatic amines is 1. The predicted molar refractivity (Wildman–Crippen MR) is 101 cm³/mol. The van der Waals surface area contributed by atoms with Crippen molar-refractivity contribution in [2.24, 2.45) is 0 Å². The lowest BCUT2D eigenvalue weighted by Gasteiger charge is -2.14. The molecule has 0 saturated carbocycles. The van der Waals surface area contributed by atoms with Crippen LogP contribution >= 0.6 is 0 Å². The fourth-order valence-electron chi connectivity index (χ4n) is 2.93. The summed E-state index contributed by atoms with van der Waals surface area (Å²) in [6, 6.07) is 6.51. The van der Waals surface area contributed by atoms with Crippen molar-refractivity contribution in [3.63, 3.8) is 0 Å². The normalized spacial score (nSPS) is 13.0. The third kappa shape index (κ3) is 4.62. The number of H-pyrrole nitrogens is 1. The number of hydrogen-bond acceptors (Lipinski definition) is 5. The maximum Gasteiger partial charge on any atom is 0.355 e. The molecule has 0 aliphatic rings. The Morgan fingerprint density at radius 3 is 2.41 bits per heavy atom. The van der Waals surface area contributed by atoms with Gasteiger partial charge < -0.3 is 20.1 Å². The van der Waals surface area contributed by atoms with E-state index in [4.69, 9.17) is 4.74 Å². The fraction of sp³-hybridized carbons (Fsp3) is 0.350. The summed E-state index contributed by atoms with van der Waals surface area (Å²) in [4.78, 5) is 39.0. The maximum atomic E-state index is 12.4. The number of aryl methyl sites for hydroxylation is 1. The van der Waals surface area contributed by atoms with Gasteiger partial charge in [-0.05, 0) is 52.3 Å². The molecule has 1 heterocycles. The van der Waals surface area contributed by atoms with Crippen LogP contribution in [0.15, 0.2) is 24.3 Å². The van der Waals surface area contributed by atoms with Gasteiger partial charge >= 0.3 is 5.97 Å². The summed E-state index contributed by atoms with van der Waals surface area (Å²) in [6.45, 7) is 7.98. The Morgan fingerprint density at radius 1 is 1.19 bits per heavy atom. The van der Waals surface area contributed by atoms with Crippen LogP contribution in [0.1, 0.15) is 64.5 Å². The quantitative estimate of drug-likeness (QED) is 0.533. The summed E-state index contributed by atoms with van der Waals surface area (Å²) >= 11 is 0. The molecule has 0 unspecified atom stereocenters. The first-order chi connectivity index (χ1) is 12.6. The summed E-state index contributed by atoms with van der Waals surface area (Å²) in [7, 11) is 0. The van der Waals surface area contributed by atoms with Gasteiger partial charge in [-0.15, -0.1) is 0 Å². The highest BCUT2D eigenvalue weighted by Gasteiger charge is 2.24. The topological polar surface area (TPSA) is 108 Å². The molecule has 2 atom stereocenters. The van der Waals surface area contributed by atoms with Crippen LogP contribution in [0.4, 0.5) is 5.69 Å². The van der Waals surface area contributed by atoms with Crippen molar-refractivity contribution in [1.29, 1.82) is 0 Å². The largest absolute Gasteiger partial charge is 0.448 e. The van der Waals surface area contributed by atoms with Gasteiger partial charge in [0.1, 0.15) is 5.69 Å². The second-order valence-corrected chi connectivity index (χ2v) is 6.51. The van der Waals surface area contributed by atoms with Crippen molar-refractivity contribution < 1.29 is 24.2 Å². The molecule has 0 fully saturated rings. The van der Waals surface area contributed by atoms with Crippen LogP contribution in [0.3, 0.4) is 0 Å². The van der Waals surface area contributed by atoms with E-state index < -0.39 is 24.1 Å². The molecule has 3 N–H and O–H groups in total. The number of Topliss-reactive ketones (excluding diaryl/α,β-unsaturated/α-hetero) is 1. The van der Waals surface area contributed by atoms with E-state index in [9.17, 15) is 19.5 Å². The standard InChI is InChI=1S/C20H24N2O5/c1-10-17(13(4)24)11(2)21-18(10)20(26)27-14(5)19(25)22-16-8-6-7-15(9-16)12(3)23/h6-9,13-14,21,24H,1-5H3,(H,22,25)/t13-,14-/m0/s1. The average molecular weight is 372 g/mol. The number of anilines is 1. The molecule has 7 nitrogen and oxygen atoms in total. The van der Waals surface area contributed by atoms with Crippen molar-refractivity contribution in [2.75, 3.05) is 5.32 Å². The van der Waals surface area contributed by atoms with Crippen LogP contribution < -0.4 is 5.32 Å². The van der Waals surface area contributed by atoms with Crippen LogP contribution in [0.2, 0.25) is 0 Å². The number of aliphatic hydroxyl groups is 1. The Morgan fingerprint density at radius 2 is 1.85 bits per heavy atom.